The Morgan fingerprint density at radius 1 is 1.24 bits per heavy atom. The summed E-state index contributed by atoms with van der Waals surface area (Å²) in [6.07, 6.45) is 0. The van der Waals surface area contributed by atoms with Crippen LogP contribution in [0, 0.1) is 11.3 Å². The van der Waals surface area contributed by atoms with Crippen molar-refractivity contribution in [2.45, 2.75) is 13.0 Å². The fraction of sp³-hybridized carbons (Fsp3) is 0.211. The summed E-state index contributed by atoms with van der Waals surface area (Å²) in [6, 6.07) is 16.3. The fourth-order valence-electron chi connectivity index (χ4n) is 2.80. The van der Waals surface area contributed by atoms with Gasteiger partial charge in [-0.05, 0) is 49.4 Å². The third-order valence-electron chi connectivity index (χ3n) is 3.94. The summed E-state index contributed by atoms with van der Waals surface area (Å²) in [6.45, 7) is 2.45. The first-order valence-electron chi connectivity index (χ1n) is 8.01. The predicted molar refractivity (Wildman–Crippen MR) is 94.4 cm³/mol. The number of benzene rings is 2. The second-order valence-electron chi connectivity index (χ2n) is 6.05. The summed E-state index contributed by atoms with van der Waals surface area (Å²) in [5, 5.41) is 14.8. The monoisotopic (exact) mass is 334 g/mol. The maximum Gasteiger partial charge on any atom is 0.254 e. The molecule has 0 radical (unpaired) electrons. The van der Waals surface area contributed by atoms with Crippen LogP contribution in [-0.4, -0.2) is 35.8 Å². The van der Waals surface area contributed by atoms with Gasteiger partial charge in [0.2, 0.25) is 5.91 Å². The molecule has 1 fully saturated rings. The molecule has 0 aromatic heterocycles. The summed E-state index contributed by atoms with van der Waals surface area (Å²) in [5.74, 6) is -0.302. The Morgan fingerprint density at radius 2 is 2.00 bits per heavy atom. The second kappa shape index (κ2) is 7.05. The molecule has 1 heterocycles. The van der Waals surface area contributed by atoms with Gasteiger partial charge in [-0.25, -0.2) is 0 Å². The van der Waals surface area contributed by atoms with Gasteiger partial charge in [0.25, 0.3) is 5.91 Å². The van der Waals surface area contributed by atoms with Crippen LogP contribution in [0.1, 0.15) is 22.8 Å². The molecule has 2 amide bonds. The van der Waals surface area contributed by atoms with Gasteiger partial charge in [-0.3, -0.25) is 9.59 Å². The van der Waals surface area contributed by atoms with Gasteiger partial charge in [-0.1, -0.05) is 6.07 Å². The average molecular weight is 334 g/mol. The predicted octanol–water partition coefficient (Wildman–Crippen LogP) is 2.26. The summed E-state index contributed by atoms with van der Waals surface area (Å²) >= 11 is 0. The van der Waals surface area contributed by atoms with Gasteiger partial charge >= 0.3 is 0 Å². The highest BCUT2D eigenvalue weighted by Gasteiger charge is 2.26. The fourth-order valence-corrected chi connectivity index (χ4v) is 2.80. The number of hydrogen-bond donors (Lipinski definition) is 2. The Hall–Kier alpha value is -3.33. The number of amides is 2. The molecule has 0 aliphatic carbocycles. The van der Waals surface area contributed by atoms with E-state index in [-0.39, 0.29) is 24.4 Å². The number of carbonyl (C=O) groups is 2. The van der Waals surface area contributed by atoms with Crippen LogP contribution in [0.25, 0.3) is 0 Å². The van der Waals surface area contributed by atoms with Crippen LogP contribution in [0.15, 0.2) is 48.5 Å². The van der Waals surface area contributed by atoms with Gasteiger partial charge in [0.05, 0.1) is 18.2 Å². The van der Waals surface area contributed by atoms with E-state index in [4.69, 9.17) is 5.26 Å². The van der Waals surface area contributed by atoms with Crippen molar-refractivity contribution in [3.05, 3.63) is 59.7 Å². The largest absolute Gasteiger partial charge is 0.356 e. The molecule has 1 aliphatic rings. The molecular formula is C19H18N4O2. The number of nitrogens with one attached hydrogen (secondary N) is 2. The van der Waals surface area contributed by atoms with Crippen LogP contribution in [-0.2, 0) is 4.79 Å². The number of hydrogen-bond acceptors (Lipinski definition) is 4. The van der Waals surface area contributed by atoms with E-state index in [2.05, 4.69) is 16.7 Å². The van der Waals surface area contributed by atoms with E-state index in [9.17, 15) is 9.59 Å². The molecule has 25 heavy (non-hydrogen) atoms. The third kappa shape index (κ3) is 3.96. The number of nitriles is 1. The van der Waals surface area contributed by atoms with Gasteiger partial charge in [-0.15, -0.1) is 0 Å². The van der Waals surface area contributed by atoms with E-state index in [1.807, 2.05) is 25.1 Å². The number of piperazine rings is 1. The molecule has 0 bridgehead atoms. The zero-order valence-electron chi connectivity index (χ0n) is 13.8. The molecule has 2 aromatic carbocycles. The number of nitrogens with zero attached hydrogens (tertiary/aromatic N) is 2. The van der Waals surface area contributed by atoms with Gasteiger partial charge in [0, 0.05) is 29.5 Å². The van der Waals surface area contributed by atoms with Crippen molar-refractivity contribution in [1.82, 2.24) is 10.2 Å². The first-order chi connectivity index (χ1) is 12.0. The Labute approximate surface area is 146 Å². The van der Waals surface area contributed by atoms with Crippen molar-refractivity contribution in [3.63, 3.8) is 0 Å². The van der Waals surface area contributed by atoms with Crippen LogP contribution in [0.2, 0.25) is 0 Å². The van der Waals surface area contributed by atoms with Crippen molar-refractivity contribution in [1.29, 1.82) is 5.26 Å². The summed E-state index contributed by atoms with van der Waals surface area (Å²) in [4.78, 5) is 25.9. The zero-order valence-corrected chi connectivity index (χ0v) is 13.8. The van der Waals surface area contributed by atoms with Crippen LogP contribution in [0.3, 0.4) is 0 Å². The maximum atomic E-state index is 12.7. The first-order valence-corrected chi connectivity index (χ1v) is 8.01. The van der Waals surface area contributed by atoms with Crippen LogP contribution in [0.4, 0.5) is 11.4 Å². The lowest BCUT2D eigenvalue weighted by Crippen LogP contribution is -2.54. The Bertz CT molecular complexity index is 839. The minimum absolute atomic E-state index is 0.0508. The molecule has 0 saturated carbocycles. The summed E-state index contributed by atoms with van der Waals surface area (Å²) in [5.41, 5.74) is 2.71. The van der Waals surface area contributed by atoms with Crippen molar-refractivity contribution in [2.24, 2.45) is 0 Å². The highest BCUT2D eigenvalue weighted by atomic mass is 16.2. The molecule has 2 N–H and O–H groups in total. The van der Waals surface area contributed by atoms with Gasteiger partial charge in [0.1, 0.15) is 0 Å². The third-order valence-corrected chi connectivity index (χ3v) is 3.94. The molecule has 2 aromatic rings. The lowest BCUT2D eigenvalue weighted by Gasteiger charge is -2.31. The van der Waals surface area contributed by atoms with E-state index in [1.165, 1.54) is 0 Å². The minimum Gasteiger partial charge on any atom is -0.356 e. The zero-order chi connectivity index (χ0) is 17.8. The van der Waals surface area contributed by atoms with Crippen LogP contribution < -0.4 is 10.6 Å². The van der Waals surface area contributed by atoms with E-state index < -0.39 is 0 Å². The van der Waals surface area contributed by atoms with Gasteiger partial charge < -0.3 is 15.5 Å². The maximum absolute atomic E-state index is 12.7. The topological polar surface area (TPSA) is 85.2 Å². The molecule has 3 rings (SSSR count). The summed E-state index contributed by atoms with van der Waals surface area (Å²) in [7, 11) is 0. The first kappa shape index (κ1) is 16.5. The minimum atomic E-state index is -0.162. The molecular weight excluding hydrogens is 316 g/mol. The SMILES string of the molecule is CC1CN(C(=O)c2cccc(Nc3ccc(C#N)cc3)c2)CC(=O)N1. The van der Waals surface area contributed by atoms with E-state index in [1.54, 1.807) is 35.2 Å². The van der Waals surface area contributed by atoms with E-state index >= 15 is 0 Å². The molecule has 1 saturated heterocycles. The molecule has 0 spiro atoms. The number of anilines is 2. The van der Waals surface area contributed by atoms with E-state index in [0.717, 1.165) is 11.4 Å². The quantitative estimate of drug-likeness (QED) is 0.901. The smallest absolute Gasteiger partial charge is 0.254 e. The normalized spacial score (nSPS) is 16.7. The second-order valence-corrected chi connectivity index (χ2v) is 6.05. The lowest BCUT2D eigenvalue weighted by molar-refractivity contribution is -0.124. The molecule has 6 heteroatoms. The highest BCUT2D eigenvalue weighted by Crippen LogP contribution is 2.19. The average Bonchev–Trinajstić information content (AvgIpc) is 2.61. The molecule has 6 nitrogen and oxygen atoms in total. The van der Waals surface area contributed by atoms with Crippen LogP contribution in [0.5, 0.6) is 0 Å². The van der Waals surface area contributed by atoms with Crippen molar-refractivity contribution >= 4 is 23.2 Å². The van der Waals surface area contributed by atoms with Crippen LogP contribution >= 0.6 is 0 Å². The Morgan fingerprint density at radius 3 is 2.68 bits per heavy atom. The Balaban J connectivity index is 1.75. The standard InChI is InChI=1S/C19H18N4O2/c1-13-11-23(12-18(24)21-13)19(25)15-3-2-4-17(9-15)22-16-7-5-14(10-20)6-8-16/h2-9,13,22H,11-12H2,1H3,(H,21,24). The molecule has 1 atom stereocenters. The molecule has 1 aliphatic heterocycles. The van der Waals surface area contributed by atoms with Crippen molar-refractivity contribution < 1.29 is 9.59 Å². The molecule has 126 valence electrons. The van der Waals surface area contributed by atoms with Gasteiger partial charge in [0.15, 0.2) is 0 Å². The summed E-state index contributed by atoms with van der Waals surface area (Å²) < 4.78 is 0. The highest BCUT2D eigenvalue weighted by molar-refractivity contribution is 5.98. The van der Waals surface area contributed by atoms with Crippen molar-refractivity contribution in [2.75, 3.05) is 18.4 Å². The van der Waals surface area contributed by atoms with E-state index in [0.29, 0.717) is 17.7 Å². The number of rotatable bonds is 3. The molecule has 1 unspecified atom stereocenters. The van der Waals surface area contributed by atoms with Gasteiger partial charge in [-0.2, -0.15) is 5.26 Å². The lowest BCUT2D eigenvalue weighted by atomic mass is 10.1. The van der Waals surface area contributed by atoms with Crippen molar-refractivity contribution in [3.8, 4) is 6.07 Å². The Kier molecular flexibility index (Phi) is 4.66. The number of carbonyl (C=O) groups excluding carboxylic acids is 2.